The number of para-hydroxylation sites is 1. The van der Waals surface area contributed by atoms with Crippen molar-refractivity contribution in [2.45, 2.75) is 99.0 Å². The van der Waals surface area contributed by atoms with Crippen molar-refractivity contribution in [3.8, 4) is 0 Å². The fraction of sp³-hybridized carbons (Fsp3) is 0.500. The fourth-order valence-electron chi connectivity index (χ4n) is 7.31. The van der Waals surface area contributed by atoms with Crippen LogP contribution in [-0.2, 0) is 57.0 Å². The first-order chi connectivity index (χ1) is 28.5. The lowest BCUT2D eigenvalue weighted by molar-refractivity contribution is -0.387. The van der Waals surface area contributed by atoms with E-state index in [1.54, 1.807) is 6.07 Å². The van der Waals surface area contributed by atoms with E-state index < -0.39 is 131 Å². The summed E-state index contributed by atoms with van der Waals surface area (Å²) in [6.07, 6.45) is -1.70. The minimum absolute atomic E-state index is 0.00217. The van der Waals surface area contributed by atoms with Crippen molar-refractivity contribution >= 4 is 55.6 Å². The minimum atomic E-state index is -4.74. The van der Waals surface area contributed by atoms with Crippen molar-refractivity contribution in [1.29, 1.82) is 0 Å². The van der Waals surface area contributed by atoms with Crippen LogP contribution in [0.1, 0.15) is 57.6 Å². The highest BCUT2D eigenvalue weighted by Gasteiger charge is 2.62. The molecular formula is C38H46FN7O13S2. The number of hydrogen-bond donors (Lipinski definition) is 3. The van der Waals surface area contributed by atoms with Crippen molar-refractivity contribution in [2.24, 2.45) is 5.92 Å². The molecule has 0 aromatic heterocycles. The lowest BCUT2D eigenvalue weighted by Crippen LogP contribution is -2.60. The van der Waals surface area contributed by atoms with Gasteiger partial charge in [0.25, 0.3) is 11.6 Å². The van der Waals surface area contributed by atoms with E-state index in [0.717, 1.165) is 24.1 Å². The van der Waals surface area contributed by atoms with Gasteiger partial charge >= 0.3 is 12.2 Å². The summed E-state index contributed by atoms with van der Waals surface area (Å²) in [5.41, 5.74) is -2.83. The number of nitro groups is 1. The molecule has 3 fully saturated rings. The maximum atomic E-state index is 14.7. The number of alkyl carbamates (subject to hydrolysis) is 1. The Morgan fingerprint density at radius 2 is 1.77 bits per heavy atom. The molecule has 2 aromatic carbocycles. The topological polar surface area (TPSA) is 261 Å². The Kier molecular flexibility index (Phi) is 12.2. The number of nitro benzene ring substituents is 1. The SMILES string of the molecule is C=CC1C[C@]1(NC(=O)[C@@H]1C[C@@H](OC(=O)N2Cc3cccc(F)c3C2)CN1C(=O)[C@H](CN(C)S(=O)(=O)c1ccccc1[N+](=O)[O-])NC(=O)OC(C)(C)C)C(=O)NS(=O)(=O)C1CC1. The first kappa shape index (κ1) is 44.9. The highest BCUT2D eigenvalue weighted by molar-refractivity contribution is 7.91. The van der Waals surface area contributed by atoms with E-state index in [9.17, 15) is 55.3 Å². The van der Waals surface area contributed by atoms with E-state index in [1.165, 1.54) is 56.0 Å². The van der Waals surface area contributed by atoms with E-state index in [4.69, 9.17) is 9.47 Å². The molecule has 5 amide bonds. The lowest BCUT2D eigenvalue weighted by Gasteiger charge is -2.31. The zero-order valence-electron chi connectivity index (χ0n) is 33.7. The third-order valence-electron chi connectivity index (χ3n) is 10.7. The number of nitrogens with zero attached hydrogens (tertiary/aromatic N) is 4. The summed E-state index contributed by atoms with van der Waals surface area (Å²) < 4.78 is 81.3. The van der Waals surface area contributed by atoms with Crippen molar-refractivity contribution < 1.29 is 59.6 Å². The zero-order chi connectivity index (χ0) is 44.8. The molecule has 1 unspecified atom stereocenters. The van der Waals surface area contributed by atoms with Crippen molar-refractivity contribution in [3.05, 3.63) is 82.2 Å². The molecule has 2 aliphatic heterocycles. The minimum Gasteiger partial charge on any atom is -0.444 e. The number of likely N-dealkylation sites (N-methyl/N-ethyl adjacent to an activating group) is 1. The molecule has 2 heterocycles. The maximum Gasteiger partial charge on any atom is 0.410 e. The van der Waals surface area contributed by atoms with Crippen molar-refractivity contribution in [1.82, 2.24) is 29.5 Å². The van der Waals surface area contributed by atoms with Gasteiger partial charge in [0.05, 0.1) is 23.3 Å². The van der Waals surface area contributed by atoms with Crippen LogP contribution in [0.2, 0.25) is 0 Å². The van der Waals surface area contributed by atoms with Gasteiger partial charge in [-0.25, -0.2) is 30.8 Å². The summed E-state index contributed by atoms with van der Waals surface area (Å²) in [6, 6.07) is 5.43. The highest BCUT2D eigenvalue weighted by atomic mass is 32.2. The highest BCUT2D eigenvalue weighted by Crippen LogP contribution is 2.45. The molecule has 4 aliphatic rings. The Balaban J connectivity index is 1.30. The fourth-order valence-corrected chi connectivity index (χ4v) is 10.0. The van der Waals surface area contributed by atoms with Crippen molar-refractivity contribution in [3.63, 3.8) is 0 Å². The van der Waals surface area contributed by atoms with Gasteiger partial charge in [0, 0.05) is 44.1 Å². The quantitative estimate of drug-likeness (QED) is 0.140. The number of carbonyl (C=O) groups is 5. The molecular weight excluding hydrogens is 846 g/mol. The lowest BCUT2D eigenvalue weighted by atomic mass is 10.1. The third kappa shape index (κ3) is 9.62. The average Bonchev–Trinajstić information content (AvgIpc) is 4.07. The summed E-state index contributed by atoms with van der Waals surface area (Å²) in [4.78, 5) is 81.5. The number of carbonyl (C=O) groups excluding carboxylic acids is 5. The van der Waals surface area contributed by atoms with Crippen LogP contribution in [0.15, 0.2) is 60.0 Å². The van der Waals surface area contributed by atoms with Gasteiger partial charge in [0.15, 0.2) is 4.90 Å². The summed E-state index contributed by atoms with van der Waals surface area (Å²) in [6.45, 7) is 6.76. The van der Waals surface area contributed by atoms with E-state index in [2.05, 4.69) is 17.2 Å². The van der Waals surface area contributed by atoms with Gasteiger partial charge in [0.1, 0.15) is 35.1 Å². The smallest absolute Gasteiger partial charge is 0.410 e. The van der Waals surface area contributed by atoms with Gasteiger partial charge in [-0.1, -0.05) is 30.3 Å². The number of rotatable bonds is 14. The largest absolute Gasteiger partial charge is 0.444 e. The molecule has 61 heavy (non-hydrogen) atoms. The Morgan fingerprint density at radius 3 is 2.38 bits per heavy atom. The number of benzene rings is 2. The molecule has 0 spiro atoms. The summed E-state index contributed by atoms with van der Waals surface area (Å²) in [5.74, 6) is -4.34. The maximum absolute atomic E-state index is 14.7. The van der Waals surface area contributed by atoms with E-state index in [0.29, 0.717) is 22.7 Å². The molecule has 2 aliphatic carbocycles. The number of fused-ring (bicyclic) bond motifs is 1. The molecule has 6 rings (SSSR count). The van der Waals surface area contributed by atoms with Crippen LogP contribution < -0.4 is 15.4 Å². The molecule has 0 radical (unpaired) electrons. The molecule has 2 aromatic rings. The van der Waals surface area contributed by atoms with Crippen LogP contribution in [0, 0.1) is 21.8 Å². The molecule has 0 bridgehead atoms. The van der Waals surface area contributed by atoms with Gasteiger partial charge in [-0.3, -0.25) is 34.1 Å². The van der Waals surface area contributed by atoms with Gasteiger partial charge in [-0.2, -0.15) is 4.31 Å². The summed E-state index contributed by atoms with van der Waals surface area (Å²) in [7, 11) is -7.78. The van der Waals surface area contributed by atoms with Gasteiger partial charge in [0.2, 0.25) is 31.9 Å². The van der Waals surface area contributed by atoms with Crippen LogP contribution in [0.25, 0.3) is 0 Å². The first-order valence-corrected chi connectivity index (χ1v) is 22.2. The number of halogens is 1. The van der Waals surface area contributed by atoms with Crippen LogP contribution in [0.4, 0.5) is 19.7 Å². The van der Waals surface area contributed by atoms with E-state index in [-0.39, 0.29) is 25.1 Å². The molecule has 3 N–H and O–H groups in total. The molecule has 1 saturated heterocycles. The number of likely N-dealkylation sites (tertiary alicyclic amines) is 1. The first-order valence-electron chi connectivity index (χ1n) is 19.2. The van der Waals surface area contributed by atoms with Gasteiger partial charge in [-0.05, 0) is 57.7 Å². The molecule has 2 saturated carbocycles. The number of sulfonamides is 2. The number of hydrogen-bond acceptors (Lipinski definition) is 13. The van der Waals surface area contributed by atoms with Crippen LogP contribution in [0.5, 0.6) is 0 Å². The second-order valence-electron chi connectivity index (χ2n) is 16.4. The zero-order valence-corrected chi connectivity index (χ0v) is 35.3. The van der Waals surface area contributed by atoms with Crippen LogP contribution >= 0.6 is 0 Å². The second kappa shape index (κ2) is 16.6. The predicted molar refractivity (Wildman–Crippen MR) is 211 cm³/mol. The normalized spacial score (nSPS) is 22.8. The van der Waals surface area contributed by atoms with Crippen molar-refractivity contribution in [2.75, 3.05) is 20.1 Å². The Labute approximate surface area is 351 Å². The van der Waals surface area contributed by atoms with Gasteiger partial charge < -0.3 is 25.0 Å². The Bertz CT molecular complexity index is 2390. The van der Waals surface area contributed by atoms with Crippen LogP contribution in [-0.4, -0.2) is 120 Å². The Hall–Kier alpha value is -5.68. The summed E-state index contributed by atoms with van der Waals surface area (Å²) in [5, 5.41) is 15.9. The van der Waals surface area contributed by atoms with E-state index in [1.807, 2.05) is 4.72 Å². The number of amides is 5. The van der Waals surface area contributed by atoms with E-state index >= 15 is 0 Å². The standard InChI is InChI=1S/C38H46FN7O13S2/c1-6-23-17-38(23,34(49)42-60(54,55)25-14-15-25)41-32(47)30-16-24(58-36(51)44-18-22-10-9-11-27(39)26(22)20-44)19-45(30)33(48)28(40-35(50)59-37(2,3)4)21-43(5)61(56,57)31-13-8-7-12-29(31)46(52)53/h6-13,23-25,28,30H,1,14-21H2,2-5H3,(H,40,50)(H,41,47)(H,42,49)/t23?,24-,28+,30+,38-/m1/s1. The predicted octanol–water partition coefficient (Wildman–Crippen LogP) is 2.04. The molecule has 23 heteroatoms. The second-order valence-corrected chi connectivity index (χ2v) is 20.3. The molecule has 20 nitrogen and oxygen atoms in total. The summed E-state index contributed by atoms with van der Waals surface area (Å²) >= 11 is 0. The third-order valence-corrected chi connectivity index (χ3v) is 14.4. The number of ether oxygens (including phenoxy) is 2. The van der Waals surface area contributed by atoms with Crippen LogP contribution in [0.3, 0.4) is 0 Å². The van der Waals surface area contributed by atoms with Gasteiger partial charge in [-0.15, -0.1) is 6.58 Å². The molecule has 330 valence electrons. The number of nitrogens with one attached hydrogen (secondary N) is 3. The molecule has 5 atom stereocenters. The Morgan fingerprint density at radius 1 is 1.08 bits per heavy atom. The average molecular weight is 892 g/mol. The monoisotopic (exact) mass is 891 g/mol.